The Bertz CT molecular complexity index is 3180. The number of aromatic nitrogens is 10. The molecule has 82 heavy (non-hydrogen) atoms. The first-order chi connectivity index (χ1) is 38.0. The standard InChI is InChI=1S/C27H34N6O7.C21H26N6O6.C6H9ClO.CH4/c1-26(2,3)39-24(35)32(25(36)40-27(4,5)6)21-20-22(30-15-29-21)33(17-10-8-9-11-18(17)34)31-23(20)38-19-14-16(37-7)12-13-28-19;1-20(2,3)32-18(28)27(19(29)33-21(4,5)6)16-14-15(23-11-24-16)25-26-17(14)31-13-10-12(30-7)8-9-22-13;7-5-3-1-2-4-6(5)8;/h12-15,17H,8-11H2,1-7H3;8-11H,1-7H3,(H,23,24,25,26);5H,1-4H2;1H4. The fourth-order valence-electron chi connectivity index (χ4n) is 7.68. The van der Waals surface area contributed by atoms with Crippen LogP contribution in [0.3, 0.4) is 0 Å². The molecular formula is C55H73ClN12O14. The fourth-order valence-corrected chi connectivity index (χ4v) is 7.95. The molecule has 6 heterocycles. The van der Waals surface area contributed by atoms with Gasteiger partial charge in [0.05, 0.1) is 19.6 Å². The first kappa shape index (κ1) is 64.5. The molecule has 0 aliphatic heterocycles. The van der Waals surface area contributed by atoms with Crippen LogP contribution in [0.5, 0.6) is 35.0 Å². The molecule has 444 valence electrons. The number of hydrogen-bond acceptors (Lipinski definition) is 22. The molecule has 2 saturated carbocycles. The first-order valence-electron chi connectivity index (χ1n) is 26.0. The summed E-state index contributed by atoms with van der Waals surface area (Å²) in [5.74, 6) is 1.12. The highest BCUT2D eigenvalue weighted by Gasteiger charge is 2.39. The molecule has 6 aromatic rings. The van der Waals surface area contributed by atoms with Crippen molar-refractivity contribution in [1.29, 1.82) is 0 Å². The summed E-state index contributed by atoms with van der Waals surface area (Å²) in [4.78, 5) is 103. The van der Waals surface area contributed by atoms with Crippen molar-refractivity contribution in [3.05, 3.63) is 49.3 Å². The van der Waals surface area contributed by atoms with Gasteiger partial charge in [-0.15, -0.1) is 21.8 Å². The van der Waals surface area contributed by atoms with Crippen molar-refractivity contribution < 1.29 is 66.7 Å². The summed E-state index contributed by atoms with van der Waals surface area (Å²) in [5, 5.41) is 11.5. The third-order valence-corrected chi connectivity index (χ3v) is 11.5. The smallest absolute Gasteiger partial charge is 0.425 e. The number of hydrogen-bond donors (Lipinski definition) is 1. The number of amides is 4. The average molecular weight is 1160 g/mol. The third-order valence-electron chi connectivity index (χ3n) is 11.1. The van der Waals surface area contributed by atoms with Crippen molar-refractivity contribution in [2.45, 2.75) is 176 Å². The Morgan fingerprint density at radius 2 is 1.02 bits per heavy atom. The lowest BCUT2D eigenvalue weighted by molar-refractivity contribution is -0.124. The Hall–Kier alpha value is -8.29. The van der Waals surface area contributed by atoms with Crippen molar-refractivity contribution in [3.8, 4) is 35.0 Å². The molecule has 4 amide bonds. The largest absolute Gasteiger partial charge is 0.497 e. The molecule has 6 aromatic heterocycles. The topological polar surface area (TPSA) is 307 Å². The number of halogens is 1. The van der Waals surface area contributed by atoms with Crippen LogP contribution in [0.15, 0.2) is 49.3 Å². The highest BCUT2D eigenvalue weighted by Crippen LogP contribution is 2.39. The molecule has 1 N–H and O–H groups in total. The number of fused-ring (bicyclic) bond motifs is 2. The first-order valence-corrected chi connectivity index (χ1v) is 26.4. The second kappa shape index (κ2) is 27.0. The van der Waals surface area contributed by atoms with Crippen LogP contribution in [0.2, 0.25) is 0 Å². The summed E-state index contributed by atoms with van der Waals surface area (Å²) in [7, 11) is 3.01. The molecule has 8 rings (SSSR count). The molecule has 2 aliphatic rings. The molecule has 27 heteroatoms. The average Bonchev–Trinajstić information content (AvgIpc) is 4.06. The SMILES string of the molecule is C.COc1ccnc(Oc2n[nH]c3ncnc(N(C(=O)OC(C)(C)C)C(=O)OC(C)(C)C)c23)c1.COc1ccnc(Oc2nn(C3CCCCC3=O)c3ncnc(N(C(=O)OC(C)(C)C)C(=O)OC(C)(C)C)c23)c1.O=C1CCCCC1Cl. The van der Waals surface area contributed by atoms with Crippen molar-refractivity contribution in [1.82, 2.24) is 49.9 Å². The zero-order valence-corrected chi connectivity index (χ0v) is 48.7. The van der Waals surface area contributed by atoms with Gasteiger partial charge in [0.2, 0.25) is 11.8 Å². The van der Waals surface area contributed by atoms with Crippen LogP contribution in [0.1, 0.15) is 148 Å². The second-order valence-corrected chi connectivity index (χ2v) is 22.9. The number of aromatic amines is 1. The zero-order valence-electron chi connectivity index (χ0n) is 47.9. The number of ketones is 2. The van der Waals surface area contributed by atoms with E-state index in [9.17, 15) is 28.8 Å². The van der Waals surface area contributed by atoms with E-state index < -0.39 is 52.8 Å². The van der Waals surface area contributed by atoms with Crippen LogP contribution in [0.25, 0.3) is 22.1 Å². The van der Waals surface area contributed by atoms with E-state index in [1.807, 2.05) is 0 Å². The van der Waals surface area contributed by atoms with E-state index in [-0.39, 0.29) is 81.6 Å². The summed E-state index contributed by atoms with van der Waals surface area (Å²) in [6.07, 6.45) is 7.65. The summed E-state index contributed by atoms with van der Waals surface area (Å²) < 4.78 is 45.7. The van der Waals surface area contributed by atoms with Gasteiger partial charge < -0.3 is 37.9 Å². The number of anilines is 2. The van der Waals surface area contributed by atoms with E-state index in [2.05, 4.69) is 45.2 Å². The number of rotatable bonds is 9. The Morgan fingerprint density at radius 3 is 1.45 bits per heavy atom. The van der Waals surface area contributed by atoms with Crippen molar-refractivity contribution in [2.24, 2.45) is 0 Å². The minimum atomic E-state index is -1.02. The van der Waals surface area contributed by atoms with Crippen LogP contribution in [0, 0.1) is 0 Å². The van der Waals surface area contributed by atoms with Crippen LogP contribution >= 0.6 is 11.6 Å². The highest BCUT2D eigenvalue weighted by molar-refractivity contribution is 6.31. The van der Waals surface area contributed by atoms with Crippen molar-refractivity contribution >= 4 is 81.2 Å². The Labute approximate surface area is 480 Å². The maximum atomic E-state index is 13.4. The summed E-state index contributed by atoms with van der Waals surface area (Å²) in [6.45, 7) is 20.1. The summed E-state index contributed by atoms with van der Waals surface area (Å²) in [6, 6.07) is 5.77. The maximum absolute atomic E-state index is 13.4. The number of H-pyrrole nitrogens is 1. The number of nitrogens with one attached hydrogen (secondary N) is 1. The molecule has 2 aliphatic carbocycles. The van der Waals surface area contributed by atoms with Crippen molar-refractivity contribution in [3.63, 3.8) is 0 Å². The minimum Gasteiger partial charge on any atom is -0.497 e. The molecule has 0 bridgehead atoms. The van der Waals surface area contributed by atoms with Crippen LogP contribution in [-0.2, 0) is 28.5 Å². The number of imide groups is 2. The lowest BCUT2D eigenvalue weighted by Crippen LogP contribution is -2.44. The number of methoxy groups -OCH3 is 2. The number of Topliss-reactive ketones (excluding diaryl/α,β-unsaturated/α-hetero) is 2. The molecule has 0 spiro atoms. The number of pyridine rings is 2. The summed E-state index contributed by atoms with van der Waals surface area (Å²) in [5.41, 5.74) is -3.24. The number of ether oxygens (including phenoxy) is 8. The van der Waals surface area contributed by atoms with Gasteiger partial charge in [-0.2, -0.15) is 9.80 Å². The van der Waals surface area contributed by atoms with E-state index in [1.54, 1.807) is 107 Å². The second-order valence-electron chi connectivity index (χ2n) is 22.4. The highest BCUT2D eigenvalue weighted by atomic mass is 35.5. The number of alkyl halides is 1. The van der Waals surface area contributed by atoms with Gasteiger partial charge >= 0.3 is 24.4 Å². The third kappa shape index (κ3) is 17.6. The van der Waals surface area contributed by atoms with Crippen LogP contribution in [0.4, 0.5) is 30.8 Å². The van der Waals surface area contributed by atoms with E-state index in [0.717, 1.165) is 32.1 Å². The predicted octanol–water partition coefficient (Wildman–Crippen LogP) is 12.0. The lowest BCUT2D eigenvalue weighted by atomic mass is 9.94. The number of carbonyl (C=O) groups is 6. The monoisotopic (exact) mass is 1160 g/mol. The molecule has 0 radical (unpaired) electrons. The van der Waals surface area contributed by atoms with Crippen LogP contribution in [-0.4, -0.2) is 128 Å². The minimum absolute atomic E-state index is 0. The molecular weight excluding hydrogens is 1090 g/mol. The Balaban J connectivity index is 0.000000265. The zero-order chi connectivity index (χ0) is 59.6. The molecule has 2 fully saturated rings. The Morgan fingerprint density at radius 1 is 0.585 bits per heavy atom. The fraction of sp³-hybridized carbons (Fsp3) is 0.527. The van der Waals surface area contributed by atoms with E-state index >= 15 is 0 Å². The van der Waals surface area contributed by atoms with E-state index in [4.69, 9.17) is 49.5 Å². The molecule has 2 atom stereocenters. The van der Waals surface area contributed by atoms with Gasteiger partial charge in [0.25, 0.3) is 11.8 Å². The van der Waals surface area contributed by atoms with Gasteiger partial charge in [0, 0.05) is 37.4 Å². The molecule has 26 nitrogen and oxygen atoms in total. The van der Waals surface area contributed by atoms with Gasteiger partial charge in [-0.05, 0) is 121 Å². The van der Waals surface area contributed by atoms with Gasteiger partial charge in [-0.25, -0.2) is 53.8 Å². The Kier molecular flexibility index (Phi) is 21.2. The predicted molar refractivity (Wildman–Crippen MR) is 301 cm³/mol. The van der Waals surface area contributed by atoms with Crippen molar-refractivity contribution in [2.75, 3.05) is 24.0 Å². The van der Waals surface area contributed by atoms with Gasteiger partial charge in [0.15, 0.2) is 34.5 Å². The van der Waals surface area contributed by atoms with Gasteiger partial charge in [-0.1, -0.05) is 20.3 Å². The quantitative estimate of drug-likeness (QED) is 0.104. The number of carbonyl (C=O) groups excluding carboxylic acids is 6. The van der Waals surface area contributed by atoms with Gasteiger partial charge in [0.1, 0.15) is 63.4 Å². The lowest BCUT2D eigenvalue weighted by Gasteiger charge is -2.28. The molecule has 0 saturated heterocycles. The van der Waals surface area contributed by atoms with E-state index in [0.29, 0.717) is 40.6 Å². The van der Waals surface area contributed by atoms with E-state index in [1.165, 1.54) is 43.9 Å². The molecule has 0 aromatic carbocycles. The normalized spacial score (nSPS) is 15.5. The number of nitrogens with zero attached hydrogens (tertiary/aromatic N) is 11. The van der Waals surface area contributed by atoms with Crippen LogP contribution < -0.4 is 28.7 Å². The maximum Gasteiger partial charge on any atom is 0.425 e. The molecule has 2 unspecified atom stereocenters. The van der Waals surface area contributed by atoms with Gasteiger partial charge in [-0.3, -0.25) is 14.7 Å². The summed E-state index contributed by atoms with van der Waals surface area (Å²) >= 11 is 5.62.